The third kappa shape index (κ3) is 3.66. The second-order valence-electron chi connectivity index (χ2n) is 4.52. The van der Waals surface area contributed by atoms with Crippen LogP contribution in [0.25, 0.3) is 0 Å². The third-order valence-corrected chi connectivity index (χ3v) is 2.73. The van der Waals surface area contributed by atoms with Gasteiger partial charge in [0.15, 0.2) is 0 Å². The van der Waals surface area contributed by atoms with Gasteiger partial charge >= 0.3 is 5.97 Å². The fraction of sp³-hybridized carbons (Fsp3) is 0.417. The summed E-state index contributed by atoms with van der Waals surface area (Å²) in [4.78, 5) is 16.0. The van der Waals surface area contributed by atoms with Gasteiger partial charge in [-0.2, -0.15) is 0 Å². The maximum absolute atomic E-state index is 11.5. The molecule has 98 valence electrons. The summed E-state index contributed by atoms with van der Waals surface area (Å²) >= 11 is 4.89. The number of carbonyl (C=O) groups is 1. The van der Waals surface area contributed by atoms with E-state index < -0.39 is 5.41 Å². The number of hydrogen-bond donors (Lipinski definition) is 2. The molecule has 0 aromatic carbocycles. The maximum atomic E-state index is 11.5. The Labute approximate surface area is 112 Å². The van der Waals surface area contributed by atoms with Crippen molar-refractivity contribution in [3.63, 3.8) is 0 Å². The summed E-state index contributed by atoms with van der Waals surface area (Å²) in [5.74, 6) is 0.345. The fourth-order valence-corrected chi connectivity index (χ4v) is 1.47. The molecule has 0 aliphatic carbocycles. The van der Waals surface area contributed by atoms with Crippen LogP contribution in [0.15, 0.2) is 18.3 Å². The summed E-state index contributed by atoms with van der Waals surface area (Å²) in [6, 6.07) is 3.48. The van der Waals surface area contributed by atoms with Crippen molar-refractivity contribution in [2.75, 3.05) is 19.0 Å². The number of nitrogens with zero attached hydrogens (tertiary/aromatic N) is 1. The van der Waals surface area contributed by atoms with Gasteiger partial charge in [0.1, 0.15) is 10.8 Å². The minimum Gasteiger partial charge on any atom is -0.469 e. The van der Waals surface area contributed by atoms with Crippen molar-refractivity contribution in [1.29, 1.82) is 0 Å². The van der Waals surface area contributed by atoms with Crippen LogP contribution in [0.5, 0.6) is 0 Å². The molecule has 0 fully saturated rings. The van der Waals surface area contributed by atoms with Crippen molar-refractivity contribution >= 4 is 29.0 Å². The van der Waals surface area contributed by atoms with Gasteiger partial charge in [0.2, 0.25) is 0 Å². The molecule has 0 atom stereocenters. The molecule has 1 heterocycles. The Balaban J connectivity index is 2.72. The van der Waals surface area contributed by atoms with Crippen molar-refractivity contribution in [2.45, 2.75) is 13.8 Å². The number of methoxy groups -OCH3 is 1. The highest BCUT2D eigenvalue weighted by molar-refractivity contribution is 7.80. The van der Waals surface area contributed by atoms with E-state index in [4.69, 9.17) is 22.7 Å². The highest BCUT2D eigenvalue weighted by atomic mass is 32.1. The number of hydrogen-bond acceptors (Lipinski definition) is 5. The van der Waals surface area contributed by atoms with E-state index in [1.807, 2.05) is 0 Å². The lowest BCUT2D eigenvalue weighted by Gasteiger charge is -2.22. The fourth-order valence-electron chi connectivity index (χ4n) is 1.34. The van der Waals surface area contributed by atoms with Gasteiger partial charge < -0.3 is 15.8 Å². The van der Waals surface area contributed by atoms with Crippen LogP contribution in [-0.4, -0.2) is 29.6 Å². The van der Waals surface area contributed by atoms with Crippen molar-refractivity contribution in [2.24, 2.45) is 11.1 Å². The Morgan fingerprint density at radius 1 is 1.61 bits per heavy atom. The van der Waals surface area contributed by atoms with Gasteiger partial charge in [-0.1, -0.05) is 12.2 Å². The number of rotatable bonds is 5. The van der Waals surface area contributed by atoms with Gasteiger partial charge in [-0.15, -0.1) is 0 Å². The zero-order valence-corrected chi connectivity index (χ0v) is 11.5. The van der Waals surface area contributed by atoms with Crippen LogP contribution in [0.4, 0.5) is 5.82 Å². The Hall–Kier alpha value is -1.69. The van der Waals surface area contributed by atoms with E-state index in [0.29, 0.717) is 17.4 Å². The average molecular weight is 267 g/mol. The first-order chi connectivity index (χ1) is 8.36. The molecule has 1 aromatic rings. The van der Waals surface area contributed by atoms with Gasteiger partial charge in [0, 0.05) is 18.3 Å². The van der Waals surface area contributed by atoms with Crippen molar-refractivity contribution in [3.05, 3.63) is 23.9 Å². The van der Waals surface area contributed by atoms with E-state index in [0.717, 1.165) is 5.56 Å². The predicted molar refractivity (Wildman–Crippen MR) is 74.4 cm³/mol. The third-order valence-electron chi connectivity index (χ3n) is 2.49. The highest BCUT2D eigenvalue weighted by Gasteiger charge is 2.28. The molecule has 6 heteroatoms. The van der Waals surface area contributed by atoms with Crippen LogP contribution in [0.1, 0.15) is 19.4 Å². The first-order valence-corrected chi connectivity index (χ1v) is 5.86. The largest absolute Gasteiger partial charge is 0.469 e. The lowest BCUT2D eigenvalue weighted by molar-refractivity contribution is -0.149. The van der Waals surface area contributed by atoms with E-state index in [2.05, 4.69) is 10.3 Å². The van der Waals surface area contributed by atoms with E-state index >= 15 is 0 Å². The van der Waals surface area contributed by atoms with Gasteiger partial charge in [-0.25, -0.2) is 4.98 Å². The molecule has 0 aliphatic rings. The molecule has 5 nitrogen and oxygen atoms in total. The number of carbonyl (C=O) groups excluding carboxylic acids is 1. The number of anilines is 1. The summed E-state index contributed by atoms with van der Waals surface area (Å²) in [6.45, 7) is 4.00. The van der Waals surface area contributed by atoms with Crippen LogP contribution in [0, 0.1) is 5.41 Å². The smallest absolute Gasteiger partial charge is 0.313 e. The van der Waals surface area contributed by atoms with Gasteiger partial charge in [-0.3, -0.25) is 4.79 Å². The van der Waals surface area contributed by atoms with E-state index in [-0.39, 0.29) is 5.97 Å². The predicted octanol–water partition coefficient (Wildman–Crippen LogP) is 1.33. The van der Waals surface area contributed by atoms with E-state index in [1.165, 1.54) is 7.11 Å². The quantitative estimate of drug-likeness (QED) is 0.619. The topological polar surface area (TPSA) is 77.2 Å². The molecule has 0 bridgehead atoms. The van der Waals surface area contributed by atoms with Crippen LogP contribution in [0.2, 0.25) is 0 Å². The number of esters is 1. The molecule has 0 aliphatic heterocycles. The highest BCUT2D eigenvalue weighted by Crippen LogP contribution is 2.18. The monoisotopic (exact) mass is 267 g/mol. The Bertz CT molecular complexity index is 460. The molecular weight excluding hydrogens is 250 g/mol. The van der Waals surface area contributed by atoms with Crippen molar-refractivity contribution in [1.82, 2.24) is 4.98 Å². The lowest BCUT2D eigenvalue weighted by atomic mass is 9.94. The number of nitrogens with two attached hydrogens (primary N) is 1. The molecule has 3 N–H and O–H groups in total. The van der Waals surface area contributed by atoms with Crippen molar-refractivity contribution < 1.29 is 9.53 Å². The number of nitrogens with one attached hydrogen (secondary N) is 1. The molecule has 0 amide bonds. The number of aromatic nitrogens is 1. The molecule has 1 aromatic heterocycles. The Morgan fingerprint density at radius 2 is 2.28 bits per heavy atom. The SMILES string of the molecule is COC(=O)C(C)(C)CNc1cc(C(N)=S)ccn1. The van der Waals surface area contributed by atoms with Gasteiger partial charge in [-0.05, 0) is 26.0 Å². The van der Waals surface area contributed by atoms with Crippen LogP contribution in [-0.2, 0) is 9.53 Å². The molecule has 0 saturated carbocycles. The minimum absolute atomic E-state index is 0.277. The number of ether oxygens (including phenoxy) is 1. The second kappa shape index (κ2) is 5.77. The number of pyridine rings is 1. The minimum atomic E-state index is -0.629. The zero-order chi connectivity index (χ0) is 13.8. The molecule has 0 radical (unpaired) electrons. The lowest BCUT2D eigenvalue weighted by Crippen LogP contribution is -2.33. The number of thiocarbonyl (C=S) groups is 1. The van der Waals surface area contributed by atoms with E-state index in [1.54, 1.807) is 32.2 Å². The van der Waals surface area contributed by atoms with Crippen LogP contribution < -0.4 is 11.1 Å². The summed E-state index contributed by atoms with van der Waals surface area (Å²) in [5, 5.41) is 3.07. The Kier molecular flexibility index (Phi) is 4.61. The van der Waals surface area contributed by atoms with Crippen LogP contribution >= 0.6 is 12.2 Å². The van der Waals surface area contributed by atoms with Crippen molar-refractivity contribution in [3.8, 4) is 0 Å². The molecule has 0 saturated heterocycles. The summed E-state index contributed by atoms with van der Waals surface area (Å²) in [7, 11) is 1.37. The Morgan fingerprint density at radius 3 is 2.83 bits per heavy atom. The molecule has 0 spiro atoms. The standard InChI is InChI=1S/C12H17N3O2S/c1-12(2,11(16)17-3)7-15-9-6-8(10(13)18)4-5-14-9/h4-6H,7H2,1-3H3,(H2,13,18)(H,14,15). The second-order valence-corrected chi connectivity index (χ2v) is 4.96. The van der Waals surface area contributed by atoms with Crippen LogP contribution in [0.3, 0.4) is 0 Å². The summed E-state index contributed by atoms with van der Waals surface area (Å²) < 4.78 is 4.73. The molecule has 0 unspecified atom stereocenters. The summed E-state index contributed by atoms with van der Waals surface area (Å²) in [6.07, 6.45) is 1.61. The first kappa shape index (κ1) is 14.4. The van der Waals surface area contributed by atoms with E-state index in [9.17, 15) is 4.79 Å². The zero-order valence-electron chi connectivity index (χ0n) is 10.7. The average Bonchev–Trinajstić information content (AvgIpc) is 2.35. The normalized spacial score (nSPS) is 10.8. The summed E-state index contributed by atoms with van der Waals surface area (Å²) in [5.41, 5.74) is 5.64. The molecule has 18 heavy (non-hydrogen) atoms. The first-order valence-electron chi connectivity index (χ1n) is 5.45. The molecular formula is C12H17N3O2S. The van der Waals surface area contributed by atoms with Gasteiger partial charge in [0.25, 0.3) is 0 Å². The molecule has 1 rings (SSSR count). The maximum Gasteiger partial charge on any atom is 0.313 e. The van der Waals surface area contributed by atoms with Gasteiger partial charge in [0.05, 0.1) is 12.5 Å².